The largest absolute Gasteiger partial charge is 0.393 e. The van der Waals surface area contributed by atoms with Crippen molar-refractivity contribution < 1.29 is 5.11 Å². The third-order valence-corrected chi connectivity index (χ3v) is 8.40. The van der Waals surface area contributed by atoms with E-state index < -0.39 is 0 Å². The Morgan fingerprint density at radius 2 is 2.05 bits per heavy atom. The molecule has 4 aliphatic carbocycles. The van der Waals surface area contributed by atoms with Gasteiger partial charge in [-0.3, -0.25) is 0 Å². The van der Waals surface area contributed by atoms with Gasteiger partial charge in [0.25, 0.3) is 0 Å². The first-order valence-electron chi connectivity index (χ1n) is 10.0. The molecule has 0 heterocycles. The second-order valence-corrected chi connectivity index (χ2v) is 8.84. The Hall–Kier alpha value is -0.300. The predicted octanol–water partition coefficient (Wildman–Crippen LogP) is 5.34. The second-order valence-electron chi connectivity index (χ2n) is 8.84. The van der Waals surface area contributed by atoms with Gasteiger partial charge in [-0.1, -0.05) is 18.6 Å². The average molecular weight is 303 g/mol. The fourth-order valence-electron chi connectivity index (χ4n) is 7.58. The molecule has 1 heteroatoms. The van der Waals surface area contributed by atoms with Gasteiger partial charge in [0.15, 0.2) is 0 Å². The van der Waals surface area contributed by atoms with Gasteiger partial charge in [-0.05, 0) is 106 Å². The summed E-state index contributed by atoms with van der Waals surface area (Å²) < 4.78 is 0. The van der Waals surface area contributed by atoms with Crippen molar-refractivity contribution in [2.45, 2.75) is 84.2 Å². The van der Waals surface area contributed by atoms with Crippen LogP contribution in [0.5, 0.6) is 0 Å². The molecule has 124 valence electrons. The quantitative estimate of drug-likeness (QED) is 0.683. The molecule has 1 N–H and O–H groups in total. The molecule has 22 heavy (non-hydrogen) atoms. The van der Waals surface area contributed by atoms with Crippen molar-refractivity contribution in [1.29, 1.82) is 0 Å². The van der Waals surface area contributed by atoms with Crippen molar-refractivity contribution in [3.63, 3.8) is 0 Å². The summed E-state index contributed by atoms with van der Waals surface area (Å²) in [5.74, 6) is 4.38. The van der Waals surface area contributed by atoms with Gasteiger partial charge in [0.05, 0.1) is 6.10 Å². The Morgan fingerprint density at radius 1 is 1.18 bits per heavy atom. The van der Waals surface area contributed by atoms with Gasteiger partial charge < -0.3 is 5.11 Å². The molecule has 0 amide bonds. The van der Waals surface area contributed by atoms with Crippen LogP contribution in [0.3, 0.4) is 0 Å². The summed E-state index contributed by atoms with van der Waals surface area (Å²) in [6.07, 6.45) is 16.4. The van der Waals surface area contributed by atoms with Crippen LogP contribution in [0.4, 0.5) is 0 Å². The molecule has 4 rings (SSSR count). The van der Waals surface area contributed by atoms with Crippen LogP contribution in [0.2, 0.25) is 0 Å². The topological polar surface area (TPSA) is 20.2 Å². The highest BCUT2D eigenvalue weighted by Gasteiger charge is 2.58. The van der Waals surface area contributed by atoms with E-state index in [1.807, 2.05) is 5.57 Å². The van der Waals surface area contributed by atoms with Crippen LogP contribution >= 0.6 is 0 Å². The molecule has 0 unspecified atom stereocenters. The molecule has 0 spiro atoms. The maximum atomic E-state index is 10.4. The van der Waals surface area contributed by atoms with Crippen LogP contribution in [0.15, 0.2) is 11.6 Å². The molecule has 0 radical (unpaired) electrons. The Morgan fingerprint density at radius 3 is 2.82 bits per heavy atom. The van der Waals surface area contributed by atoms with E-state index in [0.29, 0.717) is 11.3 Å². The lowest BCUT2D eigenvalue weighted by molar-refractivity contribution is -0.0626. The van der Waals surface area contributed by atoms with E-state index in [0.717, 1.165) is 23.7 Å². The number of hydrogen-bond donors (Lipinski definition) is 1. The highest BCUT2D eigenvalue weighted by atomic mass is 16.3. The number of allylic oxidation sites excluding steroid dienone is 2. The molecular weight excluding hydrogens is 268 g/mol. The minimum Gasteiger partial charge on any atom is -0.393 e. The molecule has 0 saturated heterocycles. The smallest absolute Gasteiger partial charge is 0.0545 e. The normalized spacial score (nSPS) is 48.9. The lowest BCUT2D eigenvalue weighted by Gasteiger charge is -2.55. The number of aliphatic hydroxyl groups excluding tert-OH is 1. The molecule has 3 fully saturated rings. The summed E-state index contributed by atoms with van der Waals surface area (Å²) >= 11 is 0. The minimum atomic E-state index is -0.102. The van der Waals surface area contributed by atoms with E-state index in [9.17, 15) is 5.11 Å². The summed E-state index contributed by atoms with van der Waals surface area (Å²) in [6.45, 7) is 4.46. The third kappa shape index (κ3) is 2.07. The first kappa shape index (κ1) is 15.2. The Labute approximate surface area is 136 Å². The molecule has 0 aromatic heterocycles. The summed E-state index contributed by atoms with van der Waals surface area (Å²) in [5.41, 5.74) is 2.31. The average Bonchev–Trinajstić information content (AvgIpc) is 2.94. The SMILES string of the molecule is CC[C@]12CC[C@H]3[C@@H](CCC4=CCCC[C@@H]43)[C@@H]1CC[C@@H]2[C@@H](C)O. The highest BCUT2D eigenvalue weighted by molar-refractivity contribution is 5.18. The van der Waals surface area contributed by atoms with Crippen molar-refractivity contribution in [3.8, 4) is 0 Å². The lowest BCUT2D eigenvalue weighted by Crippen LogP contribution is -2.48. The van der Waals surface area contributed by atoms with E-state index in [1.165, 1.54) is 64.2 Å². The van der Waals surface area contributed by atoms with Crippen molar-refractivity contribution in [2.24, 2.45) is 35.0 Å². The molecule has 0 aromatic carbocycles. The van der Waals surface area contributed by atoms with Crippen LogP contribution in [0, 0.1) is 35.0 Å². The molecule has 7 atom stereocenters. The highest BCUT2D eigenvalue weighted by Crippen LogP contribution is 2.65. The van der Waals surface area contributed by atoms with Gasteiger partial charge >= 0.3 is 0 Å². The molecule has 0 bridgehead atoms. The lowest BCUT2D eigenvalue weighted by atomic mass is 9.50. The number of hydrogen-bond acceptors (Lipinski definition) is 1. The van der Waals surface area contributed by atoms with E-state index in [-0.39, 0.29) is 6.10 Å². The first-order valence-corrected chi connectivity index (χ1v) is 10.0. The van der Waals surface area contributed by atoms with Gasteiger partial charge in [0.1, 0.15) is 0 Å². The predicted molar refractivity (Wildman–Crippen MR) is 91.5 cm³/mol. The van der Waals surface area contributed by atoms with E-state index in [1.54, 1.807) is 0 Å². The Kier molecular flexibility index (Phi) is 3.92. The summed E-state index contributed by atoms with van der Waals surface area (Å²) in [5, 5.41) is 10.4. The van der Waals surface area contributed by atoms with E-state index >= 15 is 0 Å². The van der Waals surface area contributed by atoms with Crippen LogP contribution in [-0.4, -0.2) is 11.2 Å². The van der Waals surface area contributed by atoms with Crippen LogP contribution < -0.4 is 0 Å². The maximum absolute atomic E-state index is 10.4. The van der Waals surface area contributed by atoms with Crippen molar-refractivity contribution in [3.05, 3.63) is 11.6 Å². The van der Waals surface area contributed by atoms with Crippen molar-refractivity contribution >= 4 is 0 Å². The van der Waals surface area contributed by atoms with E-state index in [2.05, 4.69) is 19.9 Å². The fraction of sp³-hybridized carbons (Fsp3) is 0.905. The summed E-state index contributed by atoms with van der Waals surface area (Å²) in [4.78, 5) is 0. The zero-order chi connectivity index (χ0) is 15.3. The molecule has 0 aliphatic heterocycles. The van der Waals surface area contributed by atoms with Gasteiger partial charge in [-0.25, -0.2) is 0 Å². The van der Waals surface area contributed by atoms with Crippen LogP contribution in [0.1, 0.15) is 78.1 Å². The van der Waals surface area contributed by atoms with Crippen LogP contribution in [0.25, 0.3) is 0 Å². The minimum absolute atomic E-state index is 0.102. The summed E-state index contributed by atoms with van der Waals surface area (Å²) in [6, 6.07) is 0. The van der Waals surface area contributed by atoms with Gasteiger partial charge in [0, 0.05) is 0 Å². The fourth-order valence-corrected chi connectivity index (χ4v) is 7.58. The van der Waals surface area contributed by atoms with Crippen molar-refractivity contribution in [2.75, 3.05) is 0 Å². The maximum Gasteiger partial charge on any atom is 0.0545 e. The van der Waals surface area contributed by atoms with Crippen LogP contribution in [-0.2, 0) is 0 Å². The number of aliphatic hydroxyl groups is 1. The first-order chi connectivity index (χ1) is 10.7. The van der Waals surface area contributed by atoms with E-state index in [4.69, 9.17) is 0 Å². The molecule has 3 saturated carbocycles. The molecule has 0 aromatic rings. The zero-order valence-corrected chi connectivity index (χ0v) is 14.6. The van der Waals surface area contributed by atoms with Gasteiger partial charge in [-0.15, -0.1) is 0 Å². The Balaban J connectivity index is 1.63. The Bertz CT molecular complexity index is 451. The van der Waals surface area contributed by atoms with Gasteiger partial charge in [0.2, 0.25) is 0 Å². The number of fused-ring (bicyclic) bond motifs is 5. The third-order valence-electron chi connectivity index (χ3n) is 8.40. The summed E-state index contributed by atoms with van der Waals surface area (Å²) in [7, 11) is 0. The monoisotopic (exact) mass is 302 g/mol. The zero-order valence-electron chi connectivity index (χ0n) is 14.6. The van der Waals surface area contributed by atoms with Crippen molar-refractivity contribution in [1.82, 2.24) is 0 Å². The standard InChI is InChI=1S/C21H34O/c1-3-21-13-12-17-16-7-5-4-6-15(16)8-9-18(17)20(21)11-10-19(21)14(2)22/h6,14,16-20,22H,3-5,7-13H2,1-2H3/t14-,16+,17-,18-,19-,20+,21-/m1/s1. The van der Waals surface area contributed by atoms with Gasteiger partial charge in [-0.2, -0.15) is 0 Å². The molecular formula is C21H34O. The molecule has 4 aliphatic rings. The molecule has 1 nitrogen and oxygen atoms in total. The number of rotatable bonds is 2. The second kappa shape index (κ2) is 5.65.